The maximum absolute atomic E-state index is 4.49. The first kappa shape index (κ1) is 14.1. The molecule has 0 amide bonds. The van der Waals surface area contributed by atoms with Crippen LogP contribution in [0, 0.1) is 0 Å². The second-order valence-electron chi connectivity index (χ2n) is 5.05. The Kier molecular flexibility index (Phi) is 5.88. The molecule has 2 heterocycles. The molecule has 0 atom stereocenters. The molecule has 2 rings (SSSR count). The Morgan fingerprint density at radius 1 is 1.05 bits per heavy atom. The van der Waals surface area contributed by atoms with Gasteiger partial charge in [0, 0.05) is 19.6 Å². The van der Waals surface area contributed by atoms with Gasteiger partial charge in [-0.05, 0) is 32.4 Å². The second-order valence-corrected chi connectivity index (χ2v) is 5.05. The number of nitrogens with zero attached hydrogens (tertiary/aromatic N) is 3. The Bertz CT molecular complexity index is 363. The standard InChI is InChI=1S/C14H25N5/c1-2-6-16-13-11-15-12-14(18-13)17-7-10-19-8-4-3-5-9-19/h11-12H,2-10H2,1H3,(H2,16,17,18). The van der Waals surface area contributed by atoms with Crippen LogP contribution in [0.25, 0.3) is 0 Å². The van der Waals surface area contributed by atoms with Crippen LogP contribution in [0.1, 0.15) is 32.6 Å². The van der Waals surface area contributed by atoms with E-state index in [2.05, 4.69) is 32.4 Å². The maximum Gasteiger partial charge on any atom is 0.147 e. The van der Waals surface area contributed by atoms with Crippen LogP contribution in [-0.4, -0.2) is 47.6 Å². The van der Waals surface area contributed by atoms with E-state index in [1.165, 1.54) is 32.4 Å². The summed E-state index contributed by atoms with van der Waals surface area (Å²) in [5.41, 5.74) is 0. The van der Waals surface area contributed by atoms with Gasteiger partial charge in [-0.15, -0.1) is 0 Å². The SMILES string of the molecule is CCCNc1cncc(NCCN2CCCCC2)n1. The van der Waals surface area contributed by atoms with Crippen LogP contribution in [0.5, 0.6) is 0 Å². The lowest BCUT2D eigenvalue weighted by Crippen LogP contribution is -2.33. The van der Waals surface area contributed by atoms with Crippen LogP contribution >= 0.6 is 0 Å². The minimum atomic E-state index is 0.852. The number of rotatable bonds is 7. The van der Waals surface area contributed by atoms with Crippen molar-refractivity contribution in [1.29, 1.82) is 0 Å². The van der Waals surface area contributed by atoms with Gasteiger partial charge >= 0.3 is 0 Å². The molecule has 106 valence electrons. The zero-order chi connectivity index (χ0) is 13.3. The number of hydrogen-bond donors (Lipinski definition) is 2. The molecule has 1 aliphatic heterocycles. The fourth-order valence-corrected chi connectivity index (χ4v) is 2.31. The number of hydrogen-bond acceptors (Lipinski definition) is 5. The maximum atomic E-state index is 4.49. The minimum Gasteiger partial charge on any atom is -0.369 e. The Morgan fingerprint density at radius 3 is 2.42 bits per heavy atom. The average molecular weight is 263 g/mol. The molecule has 0 spiro atoms. The molecule has 1 aromatic rings. The molecular weight excluding hydrogens is 238 g/mol. The second kappa shape index (κ2) is 7.94. The number of likely N-dealkylation sites (tertiary alicyclic amines) is 1. The summed E-state index contributed by atoms with van der Waals surface area (Å²) in [6.45, 7) is 7.59. The molecule has 1 aliphatic rings. The normalized spacial score (nSPS) is 16.3. The van der Waals surface area contributed by atoms with Gasteiger partial charge in [0.2, 0.25) is 0 Å². The highest BCUT2D eigenvalue weighted by atomic mass is 15.2. The van der Waals surface area contributed by atoms with Crippen molar-refractivity contribution in [2.45, 2.75) is 32.6 Å². The number of anilines is 2. The summed E-state index contributed by atoms with van der Waals surface area (Å²) in [7, 11) is 0. The third-order valence-electron chi connectivity index (χ3n) is 3.37. The molecule has 2 N–H and O–H groups in total. The van der Waals surface area contributed by atoms with Gasteiger partial charge < -0.3 is 15.5 Å². The van der Waals surface area contributed by atoms with Gasteiger partial charge in [-0.25, -0.2) is 4.98 Å². The Balaban J connectivity index is 1.72. The van der Waals surface area contributed by atoms with E-state index in [4.69, 9.17) is 0 Å². The molecule has 5 heteroatoms. The molecule has 0 aliphatic carbocycles. The van der Waals surface area contributed by atoms with Gasteiger partial charge in [-0.3, -0.25) is 4.98 Å². The van der Waals surface area contributed by atoms with Crippen molar-refractivity contribution >= 4 is 11.6 Å². The van der Waals surface area contributed by atoms with Crippen molar-refractivity contribution in [2.24, 2.45) is 0 Å². The third kappa shape index (κ3) is 5.03. The summed E-state index contributed by atoms with van der Waals surface area (Å²) < 4.78 is 0. The monoisotopic (exact) mass is 263 g/mol. The van der Waals surface area contributed by atoms with Crippen molar-refractivity contribution in [3.8, 4) is 0 Å². The van der Waals surface area contributed by atoms with E-state index in [9.17, 15) is 0 Å². The fraction of sp³-hybridized carbons (Fsp3) is 0.714. The van der Waals surface area contributed by atoms with Gasteiger partial charge in [0.1, 0.15) is 11.6 Å². The number of piperidine rings is 1. The van der Waals surface area contributed by atoms with E-state index in [1.807, 2.05) is 0 Å². The average Bonchev–Trinajstić information content (AvgIpc) is 2.47. The summed E-state index contributed by atoms with van der Waals surface area (Å²) in [5.74, 6) is 1.71. The highest BCUT2D eigenvalue weighted by molar-refractivity contribution is 5.41. The van der Waals surface area contributed by atoms with E-state index in [0.29, 0.717) is 0 Å². The highest BCUT2D eigenvalue weighted by Crippen LogP contribution is 2.09. The summed E-state index contributed by atoms with van der Waals surface area (Å²) in [4.78, 5) is 11.2. The fourth-order valence-electron chi connectivity index (χ4n) is 2.31. The summed E-state index contributed by atoms with van der Waals surface area (Å²) in [5, 5.41) is 6.60. The lowest BCUT2D eigenvalue weighted by molar-refractivity contribution is 0.237. The molecule has 19 heavy (non-hydrogen) atoms. The Hall–Kier alpha value is -1.36. The first-order chi connectivity index (χ1) is 9.38. The molecule has 0 aromatic carbocycles. The van der Waals surface area contributed by atoms with Gasteiger partial charge in [0.15, 0.2) is 0 Å². The van der Waals surface area contributed by atoms with Crippen molar-refractivity contribution in [3.05, 3.63) is 12.4 Å². The molecule has 0 saturated carbocycles. The van der Waals surface area contributed by atoms with Crippen LogP contribution in [0.4, 0.5) is 11.6 Å². The zero-order valence-electron chi connectivity index (χ0n) is 11.9. The van der Waals surface area contributed by atoms with Crippen molar-refractivity contribution in [2.75, 3.05) is 43.4 Å². The van der Waals surface area contributed by atoms with Gasteiger partial charge in [0.05, 0.1) is 12.4 Å². The van der Waals surface area contributed by atoms with Gasteiger partial charge in [-0.1, -0.05) is 13.3 Å². The largest absolute Gasteiger partial charge is 0.369 e. The zero-order valence-corrected chi connectivity index (χ0v) is 11.9. The van der Waals surface area contributed by atoms with Crippen LogP contribution in [-0.2, 0) is 0 Å². The molecule has 5 nitrogen and oxygen atoms in total. The van der Waals surface area contributed by atoms with E-state index in [-0.39, 0.29) is 0 Å². The molecule has 1 aromatic heterocycles. The van der Waals surface area contributed by atoms with Crippen LogP contribution in [0.2, 0.25) is 0 Å². The van der Waals surface area contributed by atoms with Crippen LogP contribution in [0.15, 0.2) is 12.4 Å². The predicted molar refractivity (Wildman–Crippen MR) is 79.6 cm³/mol. The topological polar surface area (TPSA) is 53.1 Å². The smallest absolute Gasteiger partial charge is 0.147 e. The van der Waals surface area contributed by atoms with E-state index < -0.39 is 0 Å². The molecule has 0 bridgehead atoms. The van der Waals surface area contributed by atoms with Crippen molar-refractivity contribution < 1.29 is 0 Å². The van der Waals surface area contributed by atoms with E-state index in [0.717, 1.165) is 37.7 Å². The molecule has 0 unspecified atom stereocenters. The quantitative estimate of drug-likeness (QED) is 0.790. The van der Waals surface area contributed by atoms with Crippen molar-refractivity contribution in [3.63, 3.8) is 0 Å². The summed E-state index contributed by atoms with van der Waals surface area (Å²) in [6.07, 6.45) is 8.72. The Labute approximate surface area is 115 Å². The number of aromatic nitrogens is 2. The summed E-state index contributed by atoms with van der Waals surface area (Å²) >= 11 is 0. The first-order valence-electron chi connectivity index (χ1n) is 7.40. The highest BCUT2D eigenvalue weighted by Gasteiger charge is 2.09. The Morgan fingerprint density at radius 2 is 1.74 bits per heavy atom. The molecular formula is C14H25N5. The minimum absolute atomic E-state index is 0.852. The molecule has 1 saturated heterocycles. The van der Waals surface area contributed by atoms with E-state index in [1.54, 1.807) is 12.4 Å². The van der Waals surface area contributed by atoms with Gasteiger partial charge in [0.25, 0.3) is 0 Å². The van der Waals surface area contributed by atoms with E-state index >= 15 is 0 Å². The van der Waals surface area contributed by atoms with Gasteiger partial charge in [-0.2, -0.15) is 0 Å². The molecule has 1 fully saturated rings. The van der Waals surface area contributed by atoms with Crippen molar-refractivity contribution in [1.82, 2.24) is 14.9 Å². The lowest BCUT2D eigenvalue weighted by Gasteiger charge is -2.26. The summed E-state index contributed by atoms with van der Waals surface area (Å²) in [6, 6.07) is 0. The first-order valence-corrected chi connectivity index (χ1v) is 7.40. The third-order valence-corrected chi connectivity index (χ3v) is 3.37. The number of nitrogens with one attached hydrogen (secondary N) is 2. The molecule has 0 radical (unpaired) electrons. The van der Waals surface area contributed by atoms with Crippen LogP contribution < -0.4 is 10.6 Å². The lowest BCUT2D eigenvalue weighted by atomic mass is 10.1. The predicted octanol–water partition coefficient (Wildman–Crippen LogP) is 2.20. The van der Waals surface area contributed by atoms with Crippen LogP contribution in [0.3, 0.4) is 0 Å².